The fourth-order valence-corrected chi connectivity index (χ4v) is 4.62. The van der Waals surface area contributed by atoms with Crippen LogP contribution in [0.1, 0.15) is 27.3 Å². The molecule has 1 aliphatic heterocycles. The molecule has 0 aromatic carbocycles. The summed E-state index contributed by atoms with van der Waals surface area (Å²) in [6.07, 6.45) is 7.41. The number of nitrogens with one attached hydrogen (secondary N) is 1. The van der Waals surface area contributed by atoms with E-state index >= 15 is 0 Å². The van der Waals surface area contributed by atoms with Crippen LogP contribution >= 0.6 is 0 Å². The third kappa shape index (κ3) is 7.01. The van der Waals surface area contributed by atoms with Crippen LogP contribution in [0.5, 0.6) is 0 Å². The highest BCUT2D eigenvalue weighted by Gasteiger charge is 2.29. The summed E-state index contributed by atoms with van der Waals surface area (Å²) < 4.78 is 42.3. The van der Waals surface area contributed by atoms with Crippen LogP contribution < -0.4 is 5.32 Å². The molecule has 0 unspecified atom stereocenters. The molecule has 11 nitrogen and oxygen atoms in total. The third-order valence-corrected chi connectivity index (χ3v) is 6.68. The van der Waals surface area contributed by atoms with E-state index in [-0.39, 0.29) is 18.0 Å². The minimum absolute atomic E-state index is 0.166. The summed E-state index contributed by atoms with van der Waals surface area (Å²) in [7, 11) is 0. The lowest BCUT2D eigenvalue weighted by Crippen LogP contribution is -2.38. The molecule has 0 bridgehead atoms. The van der Waals surface area contributed by atoms with Crippen molar-refractivity contribution in [2.24, 2.45) is 0 Å². The van der Waals surface area contributed by atoms with Gasteiger partial charge in [0.1, 0.15) is 11.5 Å². The Hall–Kier alpha value is -5.92. The highest BCUT2D eigenvalue weighted by Crippen LogP contribution is 2.34. The maximum absolute atomic E-state index is 13.6. The zero-order valence-electron chi connectivity index (χ0n) is 24.0. The van der Waals surface area contributed by atoms with Gasteiger partial charge < -0.3 is 10.2 Å². The van der Waals surface area contributed by atoms with E-state index in [1.54, 1.807) is 34.0 Å². The Morgan fingerprint density at radius 3 is 2.42 bits per heavy atom. The van der Waals surface area contributed by atoms with Crippen LogP contribution in [0.2, 0.25) is 0 Å². The first-order valence-corrected chi connectivity index (χ1v) is 13.5. The minimum atomic E-state index is -0.741. The van der Waals surface area contributed by atoms with Gasteiger partial charge in [-0.15, -0.1) is 0 Å². The van der Waals surface area contributed by atoms with Gasteiger partial charge in [-0.3, -0.25) is 14.3 Å². The van der Waals surface area contributed by atoms with E-state index in [1.165, 1.54) is 41.2 Å². The number of hydrogen-bond donors (Lipinski definition) is 1. The van der Waals surface area contributed by atoms with Crippen molar-refractivity contribution in [1.29, 1.82) is 0 Å². The van der Waals surface area contributed by atoms with Gasteiger partial charge in [0.05, 0.1) is 36.2 Å². The van der Waals surface area contributed by atoms with Crippen molar-refractivity contribution in [2.75, 3.05) is 11.9 Å². The number of nitrogens with zero attached hydrogens (tertiary/aromatic N) is 8. The summed E-state index contributed by atoms with van der Waals surface area (Å²) in [5.41, 5.74) is 4.22. The number of carbonyl (C=O) groups excluding carboxylic acids is 2. The van der Waals surface area contributed by atoms with Gasteiger partial charge in [-0.2, -0.15) is 19.0 Å². The average molecular weight is 614 g/mol. The van der Waals surface area contributed by atoms with Gasteiger partial charge in [0.25, 0.3) is 5.91 Å². The van der Waals surface area contributed by atoms with E-state index in [4.69, 9.17) is 0 Å². The van der Waals surface area contributed by atoms with E-state index in [0.29, 0.717) is 59.2 Å². The summed E-state index contributed by atoms with van der Waals surface area (Å²) in [5.74, 6) is -1.82. The van der Waals surface area contributed by atoms with E-state index in [2.05, 4.69) is 43.6 Å². The van der Waals surface area contributed by atoms with Crippen LogP contribution in [0.25, 0.3) is 22.5 Å². The Labute approximate surface area is 255 Å². The number of anilines is 1. The van der Waals surface area contributed by atoms with E-state index in [9.17, 15) is 22.8 Å². The Kier molecular flexibility index (Phi) is 8.93. The fraction of sp³-hybridized carbons (Fsp3) is 0.129. The van der Waals surface area contributed by atoms with Crippen LogP contribution in [0.15, 0.2) is 86.1 Å². The van der Waals surface area contributed by atoms with Gasteiger partial charge in [-0.1, -0.05) is 19.2 Å². The number of hydrogen-bond acceptors (Lipinski definition) is 7. The Balaban J connectivity index is 0.000000436. The molecule has 228 valence electrons. The molecule has 6 heterocycles. The molecule has 6 rings (SSSR count). The van der Waals surface area contributed by atoms with Crippen molar-refractivity contribution in [3.63, 3.8) is 0 Å². The second-order valence-corrected chi connectivity index (χ2v) is 9.86. The van der Waals surface area contributed by atoms with Crippen LogP contribution in [-0.2, 0) is 17.9 Å². The molecule has 0 aliphatic carbocycles. The number of aromatic nitrogens is 7. The highest BCUT2D eigenvalue weighted by molar-refractivity contribution is 5.94. The molecule has 0 spiro atoms. The lowest BCUT2D eigenvalue weighted by molar-refractivity contribution is -0.105. The van der Waals surface area contributed by atoms with Gasteiger partial charge >= 0.3 is 0 Å². The largest absolute Gasteiger partial charge is 0.331 e. The first-order chi connectivity index (χ1) is 21.6. The number of halogens is 3. The molecule has 0 radical (unpaired) electrons. The van der Waals surface area contributed by atoms with Crippen LogP contribution in [0.4, 0.5) is 19.0 Å². The molecule has 5 aromatic heterocycles. The zero-order chi connectivity index (χ0) is 32.1. The second-order valence-electron chi connectivity index (χ2n) is 9.86. The van der Waals surface area contributed by atoms with Crippen molar-refractivity contribution in [3.8, 4) is 11.3 Å². The van der Waals surface area contributed by atoms with E-state index < -0.39 is 17.7 Å². The first kappa shape index (κ1) is 30.5. The number of rotatable bonds is 7. The number of pyridine rings is 2. The minimum Gasteiger partial charge on any atom is -0.331 e. The maximum atomic E-state index is 13.6. The molecular formula is C31H26F3N9O2. The Bertz CT molecular complexity index is 1950. The number of imidazole rings is 1. The van der Waals surface area contributed by atoms with Gasteiger partial charge in [0.2, 0.25) is 18.3 Å². The average Bonchev–Trinajstić information content (AvgIpc) is 3.60. The Morgan fingerprint density at radius 1 is 1.00 bits per heavy atom. The number of carbonyl (C=O) groups is 2. The lowest BCUT2D eigenvalue weighted by Gasteiger charge is -2.28. The lowest BCUT2D eigenvalue weighted by atomic mass is 10.0. The van der Waals surface area contributed by atoms with Crippen LogP contribution in [0, 0.1) is 18.8 Å². The summed E-state index contributed by atoms with van der Waals surface area (Å²) >= 11 is 0. The monoisotopic (exact) mass is 613 g/mol. The molecule has 1 aliphatic rings. The van der Waals surface area contributed by atoms with Crippen LogP contribution in [0.3, 0.4) is 0 Å². The maximum Gasteiger partial charge on any atom is 0.254 e. The first-order valence-electron chi connectivity index (χ1n) is 13.5. The standard InChI is InChI=1S/C25H20F2N8O2.C6H6FN/c1-15(3-4-16(2)26)24-23(18-5-6-22-30-21(29-14-36)13-35(22)31-18)19-12-33(9-10-34(19)32-24)25(37)17-7-8-28-20(27)11-17;1-5-2-3-8-6(7)4-5/h3-8,11,13-14H,1-2,9-10,12H2,(H,29,36);2-4H,1H3/b4-3-;. The van der Waals surface area contributed by atoms with Gasteiger partial charge in [-0.25, -0.2) is 23.9 Å². The van der Waals surface area contributed by atoms with Crippen molar-refractivity contribution < 1.29 is 22.8 Å². The predicted octanol–water partition coefficient (Wildman–Crippen LogP) is 4.93. The fourth-order valence-electron chi connectivity index (χ4n) is 4.62. The number of aryl methyl sites for hydroxylation is 1. The predicted molar refractivity (Wildman–Crippen MR) is 160 cm³/mol. The smallest absolute Gasteiger partial charge is 0.254 e. The zero-order valence-corrected chi connectivity index (χ0v) is 24.0. The topological polar surface area (TPSA) is 123 Å². The molecule has 0 saturated heterocycles. The molecular weight excluding hydrogens is 587 g/mol. The highest BCUT2D eigenvalue weighted by atomic mass is 19.1. The molecule has 1 N–H and O–H groups in total. The molecule has 45 heavy (non-hydrogen) atoms. The van der Waals surface area contributed by atoms with Gasteiger partial charge in [0, 0.05) is 30.6 Å². The SMILES string of the molecule is C=C(F)/C=C\C(=C)c1nn2c(c1-c1ccc3nc(NC=O)cn3n1)CN(C(=O)c1ccnc(F)c1)CC2.Cc1ccnc(F)c1. The van der Waals surface area contributed by atoms with Gasteiger partial charge in [0.15, 0.2) is 11.5 Å². The molecule has 14 heteroatoms. The van der Waals surface area contributed by atoms with E-state index in [0.717, 1.165) is 11.6 Å². The summed E-state index contributed by atoms with van der Waals surface area (Å²) in [6.45, 7) is 9.97. The molecule has 0 atom stereocenters. The number of allylic oxidation sites excluding steroid dienone is 4. The van der Waals surface area contributed by atoms with Crippen molar-refractivity contribution >= 4 is 29.4 Å². The second kappa shape index (κ2) is 13.2. The van der Waals surface area contributed by atoms with Crippen LogP contribution in [-0.4, -0.2) is 58.1 Å². The van der Waals surface area contributed by atoms with Crippen molar-refractivity contribution in [1.82, 2.24) is 39.2 Å². The molecule has 2 amide bonds. The number of fused-ring (bicyclic) bond motifs is 2. The van der Waals surface area contributed by atoms with Crippen molar-refractivity contribution in [3.05, 3.63) is 121 Å². The molecule has 0 fully saturated rings. The van der Waals surface area contributed by atoms with E-state index in [1.807, 2.05) is 6.92 Å². The molecule has 0 saturated carbocycles. The van der Waals surface area contributed by atoms with Gasteiger partial charge in [-0.05, 0) is 54.5 Å². The van der Waals surface area contributed by atoms with Crippen molar-refractivity contribution in [2.45, 2.75) is 20.0 Å². The quantitative estimate of drug-likeness (QED) is 0.157. The molecule has 5 aromatic rings. The Morgan fingerprint density at radius 2 is 1.76 bits per heavy atom. The summed E-state index contributed by atoms with van der Waals surface area (Å²) in [4.78, 5) is 36.7. The third-order valence-electron chi connectivity index (χ3n) is 6.68. The normalized spacial score (nSPS) is 12.4. The summed E-state index contributed by atoms with van der Waals surface area (Å²) in [6, 6.07) is 9.15. The summed E-state index contributed by atoms with van der Waals surface area (Å²) in [5, 5.41) is 11.8. The number of amides is 2.